The summed E-state index contributed by atoms with van der Waals surface area (Å²) in [5, 5.41) is 2.96. The molecule has 35 heavy (non-hydrogen) atoms. The van der Waals surface area contributed by atoms with Crippen molar-refractivity contribution in [2.75, 3.05) is 39.3 Å². The van der Waals surface area contributed by atoms with E-state index in [0.717, 1.165) is 43.8 Å². The Hall–Kier alpha value is -2.67. The van der Waals surface area contributed by atoms with Crippen molar-refractivity contribution in [3.05, 3.63) is 42.0 Å². The molecule has 0 atom stereocenters. The SMILES string of the molecule is CCC(C)(C)C1CCC2(CC1)NC(=O)N(CC(=O)N1CCN(C/C=C/c3ccccc3)CC1)C2=O. The first-order chi connectivity index (χ1) is 16.7. The van der Waals surface area contributed by atoms with E-state index in [4.69, 9.17) is 0 Å². The first kappa shape index (κ1) is 25.4. The molecule has 1 aromatic rings. The molecule has 1 spiro atoms. The second-order valence-electron chi connectivity index (χ2n) is 11.0. The lowest BCUT2D eigenvalue weighted by atomic mass is 9.65. The summed E-state index contributed by atoms with van der Waals surface area (Å²) < 4.78 is 0. The minimum Gasteiger partial charge on any atom is -0.339 e. The van der Waals surface area contributed by atoms with Crippen LogP contribution in [-0.4, -0.2) is 77.4 Å². The van der Waals surface area contributed by atoms with E-state index in [1.165, 1.54) is 5.56 Å². The van der Waals surface area contributed by atoms with E-state index in [0.29, 0.717) is 31.8 Å². The average Bonchev–Trinajstić information content (AvgIpc) is 3.09. The third-order valence-corrected chi connectivity index (χ3v) is 8.59. The molecule has 0 radical (unpaired) electrons. The van der Waals surface area contributed by atoms with Gasteiger partial charge in [-0.15, -0.1) is 0 Å². The van der Waals surface area contributed by atoms with Crippen molar-refractivity contribution in [3.8, 4) is 0 Å². The fraction of sp³-hybridized carbons (Fsp3) is 0.607. The van der Waals surface area contributed by atoms with Gasteiger partial charge in [0.25, 0.3) is 5.91 Å². The van der Waals surface area contributed by atoms with Crippen molar-refractivity contribution in [3.63, 3.8) is 0 Å². The number of carbonyl (C=O) groups is 3. The van der Waals surface area contributed by atoms with E-state index in [1.807, 2.05) is 18.2 Å². The number of hydrogen-bond acceptors (Lipinski definition) is 4. The number of hydrogen-bond donors (Lipinski definition) is 1. The minimum absolute atomic E-state index is 0.147. The molecule has 4 amide bonds. The number of imide groups is 1. The summed E-state index contributed by atoms with van der Waals surface area (Å²) in [5.74, 6) is 0.191. The van der Waals surface area contributed by atoms with E-state index in [2.05, 4.69) is 55.3 Å². The number of urea groups is 1. The Morgan fingerprint density at radius 1 is 1.09 bits per heavy atom. The zero-order valence-electron chi connectivity index (χ0n) is 21.5. The van der Waals surface area contributed by atoms with Crippen molar-refractivity contribution in [1.82, 2.24) is 20.0 Å². The Bertz CT molecular complexity index is 942. The Morgan fingerprint density at radius 2 is 1.74 bits per heavy atom. The largest absolute Gasteiger partial charge is 0.339 e. The smallest absolute Gasteiger partial charge is 0.325 e. The molecular formula is C28H40N4O3. The van der Waals surface area contributed by atoms with Crippen molar-refractivity contribution in [1.29, 1.82) is 0 Å². The van der Waals surface area contributed by atoms with E-state index in [1.54, 1.807) is 4.90 Å². The summed E-state index contributed by atoms with van der Waals surface area (Å²) in [6, 6.07) is 9.78. The lowest BCUT2D eigenvalue weighted by Gasteiger charge is -2.42. The molecule has 1 aliphatic carbocycles. The van der Waals surface area contributed by atoms with Gasteiger partial charge in [0.2, 0.25) is 5.91 Å². The predicted molar refractivity (Wildman–Crippen MR) is 138 cm³/mol. The van der Waals surface area contributed by atoms with Crippen LogP contribution >= 0.6 is 0 Å². The van der Waals surface area contributed by atoms with Crippen LogP contribution in [-0.2, 0) is 9.59 Å². The van der Waals surface area contributed by atoms with Crippen molar-refractivity contribution < 1.29 is 14.4 Å². The summed E-state index contributed by atoms with van der Waals surface area (Å²) in [6.45, 7) is 10.2. The molecule has 0 aromatic heterocycles. The van der Waals surface area contributed by atoms with Gasteiger partial charge < -0.3 is 10.2 Å². The molecule has 7 heteroatoms. The van der Waals surface area contributed by atoms with Crippen molar-refractivity contribution in [2.24, 2.45) is 11.3 Å². The van der Waals surface area contributed by atoms with Crippen LogP contribution in [0.25, 0.3) is 6.08 Å². The number of rotatable bonds is 7. The van der Waals surface area contributed by atoms with Crippen LogP contribution in [0.1, 0.15) is 58.4 Å². The lowest BCUT2D eigenvalue weighted by Crippen LogP contribution is -2.53. The van der Waals surface area contributed by atoms with E-state index >= 15 is 0 Å². The Kier molecular flexibility index (Phi) is 7.64. The summed E-state index contributed by atoms with van der Waals surface area (Å²) in [5.41, 5.74) is 0.597. The Labute approximate surface area is 209 Å². The maximum Gasteiger partial charge on any atom is 0.325 e. The predicted octanol–water partition coefficient (Wildman–Crippen LogP) is 3.76. The normalized spacial score (nSPS) is 26.1. The minimum atomic E-state index is -0.818. The first-order valence-electron chi connectivity index (χ1n) is 13.1. The Morgan fingerprint density at radius 3 is 2.37 bits per heavy atom. The van der Waals surface area contributed by atoms with Gasteiger partial charge in [0.1, 0.15) is 12.1 Å². The highest BCUT2D eigenvalue weighted by Gasteiger charge is 2.54. The van der Waals surface area contributed by atoms with Gasteiger partial charge in [0, 0.05) is 32.7 Å². The van der Waals surface area contributed by atoms with Crippen LogP contribution < -0.4 is 5.32 Å². The van der Waals surface area contributed by atoms with Crippen LogP contribution in [0.15, 0.2) is 36.4 Å². The van der Waals surface area contributed by atoms with Crippen LogP contribution in [0.2, 0.25) is 0 Å². The van der Waals surface area contributed by atoms with Crippen LogP contribution in [0.3, 0.4) is 0 Å². The quantitative estimate of drug-likeness (QED) is 0.603. The van der Waals surface area contributed by atoms with E-state index in [9.17, 15) is 14.4 Å². The second kappa shape index (κ2) is 10.5. The number of nitrogens with zero attached hydrogens (tertiary/aromatic N) is 3. The molecule has 2 aliphatic heterocycles. The fourth-order valence-electron chi connectivity index (χ4n) is 5.66. The maximum atomic E-state index is 13.3. The molecule has 2 saturated heterocycles. The third kappa shape index (κ3) is 5.61. The Balaban J connectivity index is 1.25. The highest BCUT2D eigenvalue weighted by Crippen LogP contribution is 2.45. The molecule has 1 saturated carbocycles. The van der Waals surface area contributed by atoms with Gasteiger partial charge in [-0.05, 0) is 42.6 Å². The van der Waals surface area contributed by atoms with Gasteiger partial charge in [-0.3, -0.25) is 19.4 Å². The summed E-state index contributed by atoms with van der Waals surface area (Å²) in [7, 11) is 0. The molecule has 1 aromatic carbocycles. The molecule has 2 heterocycles. The molecule has 7 nitrogen and oxygen atoms in total. The van der Waals surface area contributed by atoms with Gasteiger partial charge in [0.05, 0.1) is 0 Å². The molecule has 0 bridgehead atoms. The second-order valence-corrected chi connectivity index (χ2v) is 11.0. The molecule has 190 valence electrons. The lowest BCUT2D eigenvalue weighted by molar-refractivity contribution is -0.140. The van der Waals surface area contributed by atoms with Crippen LogP contribution in [0.5, 0.6) is 0 Å². The summed E-state index contributed by atoms with van der Waals surface area (Å²) in [4.78, 5) is 44.2. The van der Waals surface area contributed by atoms with Crippen molar-refractivity contribution in [2.45, 2.75) is 58.4 Å². The van der Waals surface area contributed by atoms with Crippen LogP contribution in [0.4, 0.5) is 4.79 Å². The van der Waals surface area contributed by atoms with Gasteiger partial charge in [-0.2, -0.15) is 0 Å². The summed E-state index contributed by atoms with van der Waals surface area (Å²) in [6.07, 6.45) is 8.53. The average molecular weight is 481 g/mol. The molecule has 3 fully saturated rings. The number of nitrogens with one attached hydrogen (secondary N) is 1. The standard InChI is InChI=1S/C28H40N4O3/c1-4-27(2,3)23-12-14-28(15-13-23)25(34)32(26(35)29-28)21-24(33)31-19-17-30(18-20-31)16-8-11-22-9-6-5-7-10-22/h5-11,23H,4,12-21H2,1-3H3,(H,29,35)/b11-8+. The van der Waals surface area contributed by atoms with Gasteiger partial charge in [-0.25, -0.2) is 4.79 Å². The van der Waals surface area contributed by atoms with Gasteiger partial charge in [-0.1, -0.05) is 69.7 Å². The van der Waals surface area contributed by atoms with E-state index < -0.39 is 11.6 Å². The highest BCUT2D eigenvalue weighted by atomic mass is 16.2. The number of benzene rings is 1. The number of piperazine rings is 1. The van der Waals surface area contributed by atoms with Gasteiger partial charge >= 0.3 is 6.03 Å². The zero-order chi connectivity index (χ0) is 25.1. The molecular weight excluding hydrogens is 440 g/mol. The topological polar surface area (TPSA) is 73.0 Å². The highest BCUT2D eigenvalue weighted by molar-refractivity contribution is 6.09. The molecule has 3 aliphatic rings. The van der Waals surface area contributed by atoms with Gasteiger partial charge in [0.15, 0.2) is 0 Å². The van der Waals surface area contributed by atoms with E-state index in [-0.39, 0.29) is 23.8 Å². The third-order valence-electron chi connectivity index (χ3n) is 8.59. The van der Waals surface area contributed by atoms with Crippen LogP contribution in [0, 0.1) is 11.3 Å². The first-order valence-corrected chi connectivity index (χ1v) is 13.1. The molecule has 4 rings (SSSR count). The fourth-order valence-corrected chi connectivity index (χ4v) is 5.66. The maximum absolute atomic E-state index is 13.3. The molecule has 1 N–H and O–H groups in total. The molecule has 0 unspecified atom stereocenters. The number of amides is 4. The number of carbonyl (C=O) groups excluding carboxylic acids is 3. The monoisotopic (exact) mass is 480 g/mol. The summed E-state index contributed by atoms with van der Waals surface area (Å²) >= 11 is 0. The van der Waals surface area contributed by atoms with Crippen molar-refractivity contribution >= 4 is 23.9 Å². The zero-order valence-corrected chi connectivity index (χ0v) is 21.5.